The second-order valence-corrected chi connectivity index (χ2v) is 3.68. The fraction of sp³-hybridized carbons (Fsp3) is 0.500. The lowest BCUT2D eigenvalue weighted by Crippen LogP contribution is -2.28. The summed E-state index contributed by atoms with van der Waals surface area (Å²) in [6.45, 7) is 7.92. The number of rotatable bonds is 3. The molecule has 0 aliphatic carbocycles. The van der Waals surface area contributed by atoms with Crippen LogP contribution in [0.4, 0.5) is 0 Å². The van der Waals surface area contributed by atoms with Crippen molar-refractivity contribution in [3.05, 3.63) is 27.4 Å². The van der Waals surface area contributed by atoms with Gasteiger partial charge in [0.15, 0.2) is 0 Å². The van der Waals surface area contributed by atoms with Crippen LogP contribution >= 0.6 is 0 Å². The van der Waals surface area contributed by atoms with Crippen LogP contribution in [0.15, 0.2) is 4.79 Å². The summed E-state index contributed by atoms with van der Waals surface area (Å²) >= 11 is 0. The van der Waals surface area contributed by atoms with Gasteiger partial charge in [0.1, 0.15) is 5.82 Å². The summed E-state index contributed by atoms with van der Waals surface area (Å²) in [5.41, 5.74) is 1.38. The van der Waals surface area contributed by atoms with Crippen molar-refractivity contribution in [1.82, 2.24) is 15.3 Å². The van der Waals surface area contributed by atoms with Crippen LogP contribution in [0.3, 0.4) is 0 Å². The van der Waals surface area contributed by atoms with Gasteiger partial charge in [0.25, 0.3) is 5.56 Å². The average Bonchev–Trinajstić information content (AvgIpc) is 2.16. The normalized spacial score (nSPS) is 11.8. The number of H-pyrrole nitrogens is 1. The lowest BCUT2D eigenvalue weighted by Gasteiger charge is -2.13. The third-order valence-corrected chi connectivity index (χ3v) is 2.37. The quantitative estimate of drug-likeness (QED) is 0.747. The monoisotopic (exact) mass is 219 g/mol. The number of hydrogen-bond acceptors (Lipinski definition) is 3. The Morgan fingerprint density at radius 3 is 2.75 bits per heavy atom. The van der Waals surface area contributed by atoms with E-state index in [-0.39, 0.29) is 11.6 Å². The van der Waals surface area contributed by atoms with E-state index in [1.54, 1.807) is 13.8 Å². The molecule has 1 atom stereocenters. The van der Waals surface area contributed by atoms with Gasteiger partial charge >= 0.3 is 0 Å². The number of hydrogen-bond donors (Lipinski definition) is 2. The molecule has 2 N–H and O–H groups in total. The topological polar surface area (TPSA) is 57.8 Å². The summed E-state index contributed by atoms with van der Waals surface area (Å²) in [7, 11) is 0. The van der Waals surface area contributed by atoms with Crippen molar-refractivity contribution in [2.45, 2.75) is 33.7 Å². The Hall–Kier alpha value is -1.60. The maximum absolute atomic E-state index is 11.8. The fourth-order valence-corrected chi connectivity index (χ4v) is 1.64. The number of aromatic nitrogens is 2. The van der Waals surface area contributed by atoms with Crippen molar-refractivity contribution in [2.24, 2.45) is 0 Å². The van der Waals surface area contributed by atoms with Crippen LogP contribution in [0.1, 0.15) is 37.0 Å². The van der Waals surface area contributed by atoms with E-state index in [4.69, 9.17) is 0 Å². The highest BCUT2D eigenvalue weighted by molar-refractivity contribution is 5.20. The van der Waals surface area contributed by atoms with Gasteiger partial charge in [-0.2, -0.15) is 0 Å². The molecular formula is C12H17N3O. The first-order valence-corrected chi connectivity index (χ1v) is 5.26. The highest BCUT2D eigenvalue weighted by Crippen LogP contribution is 2.09. The molecular weight excluding hydrogens is 202 g/mol. The second-order valence-electron chi connectivity index (χ2n) is 3.68. The van der Waals surface area contributed by atoms with Crippen LogP contribution in [0.5, 0.6) is 0 Å². The minimum absolute atomic E-state index is 0.0438. The SMILES string of the molecule is CC#CCNC(C)c1c(C)nc(C)[nH]c1=O. The smallest absolute Gasteiger partial charge is 0.255 e. The van der Waals surface area contributed by atoms with Gasteiger partial charge in [-0.05, 0) is 27.7 Å². The molecule has 0 fully saturated rings. The zero-order valence-corrected chi connectivity index (χ0v) is 10.1. The number of aryl methyl sites for hydroxylation is 2. The van der Waals surface area contributed by atoms with E-state index < -0.39 is 0 Å². The molecule has 1 aromatic rings. The van der Waals surface area contributed by atoms with Crippen molar-refractivity contribution < 1.29 is 0 Å². The van der Waals surface area contributed by atoms with Crippen molar-refractivity contribution in [1.29, 1.82) is 0 Å². The third kappa shape index (κ3) is 2.94. The molecule has 0 aromatic carbocycles. The minimum Gasteiger partial charge on any atom is -0.310 e. The molecule has 0 aliphatic rings. The van der Waals surface area contributed by atoms with Gasteiger partial charge < -0.3 is 4.98 Å². The van der Waals surface area contributed by atoms with E-state index in [1.807, 2.05) is 13.8 Å². The highest BCUT2D eigenvalue weighted by Gasteiger charge is 2.13. The number of nitrogens with zero attached hydrogens (tertiary/aromatic N) is 1. The molecule has 0 bridgehead atoms. The maximum atomic E-state index is 11.8. The summed E-state index contributed by atoms with van der Waals surface area (Å²) in [4.78, 5) is 18.7. The van der Waals surface area contributed by atoms with Gasteiger partial charge in [-0.15, -0.1) is 5.92 Å². The summed E-state index contributed by atoms with van der Waals surface area (Å²) in [6.07, 6.45) is 0. The van der Waals surface area contributed by atoms with E-state index in [2.05, 4.69) is 27.1 Å². The van der Waals surface area contributed by atoms with Crippen molar-refractivity contribution >= 4 is 0 Å². The average molecular weight is 219 g/mol. The maximum Gasteiger partial charge on any atom is 0.255 e. The van der Waals surface area contributed by atoms with E-state index in [9.17, 15) is 4.79 Å². The van der Waals surface area contributed by atoms with E-state index in [1.165, 1.54) is 0 Å². The molecule has 1 heterocycles. The van der Waals surface area contributed by atoms with Gasteiger partial charge in [0.2, 0.25) is 0 Å². The molecule has 4 heteroatoms. The van der Waals surface area contributed by atoms with Gasteiger partial charge in [-0.3, -0.25) is 10.1 Å². The first-order chi connectivity index (χ1) is 7.56. The van der Waals surface area contributed by atoms with Crippen LogP contribution in [0.25, 0.3) is 0 Å². The van der Waals surface area contributed by atoms with Crippen LogP contribution < -0.4 is 10.9 Å². The zero-order valence-electron chi connectivity index (χ0n) is 10.1. The standard InChI is InChI=1S/C12H17N3O/c1-5-6-7-13-8(2)11-9(3)14-10(4)15-12(11)16/h8,13H,7H2,1-4H3,(H,14,15,16). The lowest BCUT2D eigenvalue weighted by atomic mass is 10.1. The molecule has 0 saturated carbocycles. The molecule has 1 aromatic heterocycles. The van der Waals surface area contributed by atoms with Crippen LogP contribution in [0.2, 0.25) is 0 Å². The van der Waals surface area contributed by atoms with E-state index >= 15 is 0 Å². The molecule has 1 unspecified atom stereocenters. The van der Waals surface area contributed by atoms with E-state index in [0.29, 0.717) is 17.9 Å². The van der Waals surface area contributed by atoms with Gasteiger partial charge in [0.05, 0.1) is 12.1 Å². The Balaban J connectivity index is 2.93. The minimum atomic E-state index is -0.0746. The highest BCUT2D eigenvalue weighted by atomic mass is 16.1. The number of aromatic amines is 1. The van der Waals surface area contributed by atoms with Gasteiger partial charge in [-0.25, -0.2) is 4.98 Å². The molecule has 0 spiro atoms. The van der Waals surface area contributed by atoms with E-state index in [0.717, 1.165) is 5.69 Å². The lowest BCUT2D eigenvalue weighted by molar-refractivity contribution is 0.606. The molecule has 4 nitrogen and oxygen atoms in total. The molecule has 1 rings (SSSR count). The molecule has 0 amide bonds. The van der Waals surface area contributed by atoms with Crippen molar-refractivity contribution in [3.8, 4) is 11.8 Å². The summed E-state index contributed by atoms with van der Waals surface area (Å²) < 4.78 is 0. The van der Waals surface area contributed by atoms with Crippen molar-refractivity contribution in [2.75, 3.05) is 6.54 Å². The Labute approximate surface area is 95.5 Å². The predicted molar refractivity (Wildman–Crippen MR) is 64.2 cm³/mol. The predicted octanol–water partition coefficient (Wildman–Crippen LogP) is 1.06. The van der Waals surface area contributed by atoms with Crippen LogP contribution in [0, 0.1) is 25.7 Å². The van der Waals surface area contributed by atoms with Crippen LogP contribution in [-0.4, -0.2) is 16.5 Å². The van der Waals surface area contributed by atoms with Crippen molar-refractivity contribution in [3.63, 3.8) is 0 Å². The molecule has 86 valence electrons. The summed E-state index contributed by atoms with van der Waals surface area (Å²) in [6, 6.07) is -0.0438. The Morgan fingerprint density at radius 1 is 1.50 bits per heavy atom. The fourth-order valence-electron chi connectivity index (χ4n) is 1.64. The first kappa shape index (κ1) is 12.5. The zero-order chi connectivity index (χ0) is 12.1. The van der Waals surface area contributed by atoms with Gasteiger partial charge in [0, 0.05) is 11.7 Å². The largest absolute Gasteiger partial charge is 0.310 e. The Kier molecular flexibility index (Phi) is 4.27. The number of nitrogens with one attached hydrogen (secondary N) is 2. The molecule has 16 heavy (non-hydrogen) atoms. The second kappa shape index (κ2) is 5.47. The van der Waals surface area contributed by atoms with Gasteiger partial charge in [-0.1, -0.05) is 5.92 Å². The molecule has 0 aliphatic heterocycles. The summed E-state index contributed by atoms with van der Waals surface area (Å²) in [5, 5.41) is 3.17. The first-order valence-electron chi connectivity index (χ1n) is 5.26. The Bertz CT molecular complexity index is 479. The van der Waals surface area contributed by atoms with Crippen LogP contribution in [-0.2, 0) is 0 Å². The third-order valence-electron chi connectivity index (χ3n) is 2.37. The summed E-state index contributed by atoms with van der Waals surface area (Å²) in [5.74, 6) is 6.35. The molecule has 0 saturated heterocycles. The Morgan fingerprint density at radius 2 is 2.19 bits per heavy atom. The molecule has 0 radical (unpaired) electrons.